The Hall–Kier alpha value is -2.99. The highest BCUT2D eigenvalue weighted by Gasteiger charge is 2.36. The number of carbonyl (C=O) groups is 1. The van der Waals surface area contributed by atoms with E-state index in [-0.39, 0.29) is 0 Å². The summed E-state index contributed by atoms with van der Waals surface area (Å²) in [6.45, 7) is 19.8. The fourth-order valence-corrected chi connectivity index (χ4v) is 4.24. The van der Waals surface area contributed by atoms with E-state index >= 15 is 0 Å². The van der Waals surface area contributed by atoms with Crippen molar-refractivity contribution in [1.29, 1.82) is 0 Å². The minimum atomic E-state index is -1.10. The largest absolute Gasteiger partial charge is 0.381 e. The van der Waals surface area contributed by atoms with Gasteiger partial charge in [0.05, 0.1) is 6.34 Å². The van der Waals surface area contributed by atoms with E-state index in [2.05, 4.69) is 47.3 Å². The van der Waals surface area contributed by atoms with Gasteiger partial charge in [0, 0.05) is 31.7 Å². The first-order valence-electron chi connectivity index (χ1n) is 12.2. The molecule has 0 aliphatic heterocycles. The SMILES string of the molecule is C=C(NC=NC)/C(C)=C/C(=C)C(C)(O)C(=C)C.CC1CC2CCC1C2.O=CNCc1cccnc1. The van der Waals surface area contributed by atoms with Crippen LogP contribution in [0.3, 0.4) is 0 Å². The molecule has 2 aliphatic carbocycles. The second kappa shape index (κ2) is 15.1. The Bertz CT molecular complexity index is 901. The van der Waals surface area contributed by atoms with Gasteiger partial charge in [0.2, 0.25) is 6.41 Å². The Morgan fingerprint density at radius 1 is 1.29 bits per heavy atom. The molecule has 1 heterocycles. The summed E-state index contributed by atoms with van der Waals surface area (Å²) in [5.41, 5.74) is 2.75. The first kappa shape index (κ1) is 30.0. The Kier molecular flexibility index (Phi) is 13.0. The van der Waals surface area contributed by atoms with Crippen LogP contribution in [0.1, 0.15) is 58.9 Å². The Balaban J connectivity index is 0.000000284. The lowest BCUT2D eigenvalue weighted by atomic mass is 9.89. The number of carbonyl (C=O) groups excluding carboxylic acids is 1. The zero-order valence-electron chi connectivity index (χ0n) is 22.2. The average Bonchev–Trinajstić information content (AvgIpc) is 3.45. The summed E-state index contributed by atoms with van der Waals surface area (Å²) in [5.74, 6) is 3.36. The first-order chi connectivity index (χ1) is 16.5. The molecule has 1 amide bonds. The van der Waals surface area contributed by atoms with Crippen LogP contribution in [-0.2, 0) is 11.3 Å². The van der Waals surface area contributed by atoms with E-state index in [9.17, 15) is 9.90 Å². The Labute approximate surface area is 212 Å². The topological polar surface area (TPSA) is 86.6 Å². The number of rotatable bonds is 9. The molecular weight excluding hydrogens is 436 g/mol. The molecule has 0 radical (unpaired) electrons. The van der Waals surface area contributed by atoms with Crippen LogP contribution in [0, 0.1) is 17.8 Å². The highest BCUT2D eigenvalue weighted by molar-refractivity contribution is 5.59. The highest BCUT2D eigenvalue weighted by atomic mass is 16.3. The fourth-order valence-electron chi connectivity index (χ4n) is 4.24. The molecule has 1 aromatic rings. The molecule has 4 unspecified atom stereocenters. The maximum Gasteiger partial charge on any atom is 0.207 e. The van der Waals surface area contributed by atoms with Crippen LogP contribution >= 0.6 is 0 Å². The van der Waals surface area contributed by atoms with Crippen molar-refractivity contribution in [3.63, 3.8) is 0 Å². The zero-order valence-corrected chi connectivity index (χ0v) is 22.2. The van der Waals surface area contributed by atoms with Gasteiger partial charge in [-0.1, -0.05) is 45.2 Å². The summed E-state index contributed by atoms with van der Waals surface area (Å²) in [4.78, 5) is 17.5. The van der Waals surface area contributed by atoms with Crippen LogP contribution in [0.2, 0.25) is 0 Å². The number of hydrogen-bond donors (Lipinski definition) is 3. The molecule has 35 heavy (non-hydrogen) atoms. The molecule has 6 nitrogen and oxygen atoms in total. The zero-order chi connectivity index (χ0) is 26.4. The van der Waals surface area contributed by atoms with Crippen molar-refractivity contribution >= 4 is 12.7 Å². The van der Waals surface area contributed by atoms with Gasteiger partial charge in [-0.25, -0.2) is 0 Å². The van der Waals surface area contributed by atoms with Crippen LogP contribution in [-0.4, -0.2) is 35.5 Å². The van der Waals surface area contributed by atoms with Crippen LogP contribution in [0.4, 0.5) is 0 Å². The second-order valence-corrected chi connectivity index (χ2v) is 9.73. The van der Waals surface area contributed by atoms with Crippen molar-refractivity contribution in [3.8, 4) is 0 Å². The lowest BCUT2D eigenvalue weighted by molar-refractivity contribution is -0.109. The van der Waals surface area contributed by atoms with Crippen LogP contribution in [0.25, 0.3) is 0 Å². The van der Waals surface area contributed by atoms with Crippen molar-refractivity contribution in [1.82, 2.24) is 15.6 Å². The average molecular weight is 481 g/mol. The summed E-state index contributed by atoms with van der Waals surface area (Å²) >= 11 is 0. The summed E-state index contributed by atoms with van der Waals surface area (Å²) in [7, 11) is 1.67. The number of hydrogen-bond acceptors (Lipinski definition) is 4. The van der Waals surface area contributed by atoms with Gasteiger partial charge in [-0.2, -0.15) is 0 Å². The normalized spacial score (nSPS) is 22.1. The Morgan fingerprint density at radius 3 is 2.43 bits per heavy atom. The summed E-state index contributed by atoms with van der Waals surface area (Å²) < 4.78 is 0. The predicted octanol–water partition coefficient (Wildman–Crippen LogP) is 5.35. The maximum absolute atomic E-state index is 10.1. The molecule has 2 aliphatic rings. The van der Waals surface area contributed by atoms with Crippen molar-refractivity contribution in [3.05, 3.63) is 78.3 Å². The van der Waals surface area contributed by atoms with E-state index in [1.807, 2.05) is 19.1 Å². The van der Waals surface area contributed by atoms with Crippen LogP contribution in [0.15, 0.2) is 77.7 Å². The number of fused-ring (bicyclic) bond motifs is 2. The quantitative estimate of drug-likeness (QED) is 0.146. The monoisotopic (exact) mass is 480 g/mol. The predicted molar refractivity (Wildman–Crippen MR) is 147 cm³/mol. The number of aliphatic imine (C=N–C) groups is 1. The van der Waals surface area contributed by atoms with Gasteiger partial charge in [0.25, 0.3) is 0 Å². The smallest absolute Gasteiger partial charge is 0.207 e. The van der Waals surface area contributed by atoms with Crippen LogP contribution in [0.5, 0.6) is 0 Å². The minimum Gasteiger partial charge on any atom is -0.381 e. The van der Waals surface area contributed by atoms with Gasteiger partial charge in [0.15, 0.2) is 0 Å². The van der Waals surface area contributed by atoms with Crippen molar-refractivity contribution in [2.45, 2.75) is 65.5 Å². The van der Waals surface area contributed by atoms with Crippen molar-refractivity contribution < 1.29 is 9.90 Å². The number of aromatic nitrogens is 1. The van der Waals surface area contributed by atoms with E-state index < -0.39 is 5.60 Å². The van der Waals surface area contributed by atoms with E-state index in [1.54, 1.807) is 71.4 Å². The number of allylic oxidation sites excluding steroid dienone is 1. The van der Waals surface area contributed by atoms with E-state index in [0.717, 1.165) is 28.9 Å². The molecule has 192 valence electrons. The van der Waals surface area contributed by atoms with E-state index in [0.29, 0.717) is 29.8 Å². The molecular formula is C29H44N4O2. The molecule has 2 bridgehead atoms. The highest BCUT2D eigenvalue weighted by Crippen LogP contribution is 2.47. The van der Waals surface area contributed by atoms with Crippen molar-refractivity contribution in [2.75, 3.05) is 7.05 Å². The number of pyridine rings is 1. The van der Waals surface area contributed by atoms with Crippen molar-refractivity contribution in [2.24, 2.45) is 22.7 Å². The molecule has 1 aromatic heterocycles. The fraction of sp³-hybridized carbons (Fsp3) is 0.483. The number of nitrogens with zero attached hydrogens (tertiary/aromatic N) is 2. The Morgan fingerprint density at radius 2 is 2.00 bits per heavy atom. The maximum atomic E-state index is 10.1. The van der Waals surface area contributed by atoms with Gasteiger partial charge in [-0.15, -0.1) is 0 Å². The summed E-state index contributed by atoms with van der Waals surface area (Å²) in [5, 5.41) is 15.6. The van der Waals surface area contributed by atoms with E-state index in [1.165, 1.54) is 0 Å². The molecule has 4 atom stereocenters. The van der Waals surface area contributed by atoms with Gasteiger partial charge in [-0.05, 0) is 86.1 Å². The second-order valence-electron chi connectivity index (χ2n) is 9.73. The lowest BCUT2D eigenvalue weighted by Gasteiger charge is -2.25. The number of amides is 1. The molecule has 0 saturated heterocycles. The molecule has 0 aromatic carbocycles. The molecule has 2 saturated carbocycles. The number of nitrogens with one attached hydrogen (secondary N) is 2. The van der Waals surface area contributed by atoms with Crippen LogP contribution < -0.4 is 10.6 Å². The summed E-state index contributed by atoms with van der Waals surface area (Å²) in [6.07, 6.45) is 13.6. The summed E-state index contributed by atoms with van der Waals surface area (Å²) in [6, 6.07) is 3.74. The third-order valence-electron chi connectivity index (χ3n) is 6.89. The molecule has 2 fully saturated rings. The third-order valence-corrected chi connectivity index (χ3v) is 6.89. The minimum absolute atomic E-state index is 0.553. The standard InChI is InChI=1S/C14H22N2O.C8H14.C7H8N2O/c1-10(2)14(6,17)12(4)8-11(3)13(5)16-9-15-7;1-6-4-7-2-3-8(6)5-7;10-6-9-5-7-2-1-3-8-4-7/h8-9,17H,1,4-5H2,2-3,6-7H3,(H,15,16);6-8H,2-5H2,1H3;1-4,6H,5H2,(H,9,10)/b11-8+;;. The van der Waals surface area contributed by atoms with Gasteiger partial charge < -0.3 is 15.7 Å². The molecule has 3 rings (SSSR count). The van der Waals surface area contributed by atoms with Gasteiger partial charge in [0.1, 0.15) is 5.60 Å². The molecule has 6 heteroatoms. The third kappa shape index (κ3) is 10.4. The van der Waals surface area contributed by atoms with Gasteiger partial charge >= 0.3 is 0 Å². The lowest BCUT2D eigenvalue weighted by Crippen LogP contribution is -2.26. The first-order valence-corrected chi connectivity index (χ1v) is 12.2. The number of aliphatic hydroxyl groups is 1. The van der Waals surface area contributed by atoms with E-state index in [4.69, 9.17) is 0 Å². The molecule has 0 spiro atoms. The van der Waals surface area contributed by atoms with Gasteiger partial charge in [-0.3, -0.25) is 14.8 Å². The molecule has 3 N–H and O–H groups in total.